The van der Waals surface area contributed by atoms with Crippen LogP contribution in [0.3, 0.4) is 0 Å². The predicted molar refractivity (Wildman–Crippen MR) is 254 cm³/mol. The molecule has 9 rings (SSSR count). The Morgan fingerprint density at radius 1 is 1.00 bits per heavy atom. The second kappa shape index (κ2) is 18.9. The van der Waals surface area contributed by atoms with Crippen molar-refractivity contribution in [2.24, 2.45) is 11.3 Å². The maximum absolute atomic E-state index is 14.6. The number of alkyl halides is 3. The maximum Gasteiger partial charge on any atom is 0.427 e. The van der Waals surface area contributed by atoms with Crippen LogP contribution in [0, 0.1) is 21.4 Å². The number of hydrogen-bond acceptors (Lipinski definition) is 12. The second-order valence-electron chi connectivity index (χ2n) is 18.7. The number of nitro benzene ring substituents is 1. The van der Waals surface area contributed by atoms with Crippen LogP contribution in [-0.4, -0.2) is 105 Å². The summed E-state index contributed by atoms with van der Waals surface area (Å²) in [5.41, 5.74) is 4.39. The first kappa shape index (κ1) is 47.2. The van der Waals surface area contributed by atoms with Crippen molar-refractivity contribution >= 4 is 72.6 Å². The Morgan fingerprint density at radius 2 is 1.75 bits per heavy atom. The summed E-state index contributed by atoms with van der Waals surface area (Å²) in [4.78, 5) is 38.3. The number of fused-ring (bicyclic) bond motifs is 2. The van der Waals surface area contributed by atoms with Crippen LogP contribution < -0.4 is 24.6 Å². The van der Waals surface area contributed by atoms with E-state index in [1.165, 1.54) is 33.7 Å². The lowest BCUT2D eigenvalue weighted by Crippen LogP contribution is -2.48. The maximum atomic E-state index is 14.6. The smallest absolute Gasteiger partial charge is 0.427 e. The number of rotatable bonds is 12. The monoisotopic (exact) mass is 976 g/mol. The summed E-state index contributed by atoms with van der Waals surface area (Å²) in [5, 5.41) is 16.5. The van der Waals surface area contributed by atoms with Gasteiger partial charge in [-0.3, -0.25) is 19.8 Å². The SMILES string of the molecule is CC1(C)CCC(CN2CCN(c3ccc(C(=O)NS(=O)(=O)c4ccc(NCC5CCOCC5)c([N+](=O)[O-])c4)c(N4C[C@@H](C(F)(F)F)Oc5nc6[nH]ccc6cc54)c3)CC2)=C(c2ccc(Cl)cc2)C1. The number of H-pyrrole nitrogens is 1. The van der Waals surface area contributed by atoms with E-state index in [1.54, 1.807) is 30.5 Å². The Hall–Kier alpha value is -5.89. The Kier molecular flexibility index (Phi) is 13.1. The molecule has 0 saturated carbocycles. The van der Waals surface area contributed by atoms with E-state index in [9.17, 15) is 36.5 Å². The minimum absolute atomic E-state index is 0.0191. The van der Waals surface area contributed by atoms with Gasteiger partial charge in [-0.25, -0.2) is 13.1 Å². The number of aromatic nitrogens is 2. The highest BCUT2D eigenvalue weighted by Crippen LogP contribution is 2.46. The van der Waals surface area contributed by atoms with E-state index in [0.717, 1.165) is 50.8 Å². The van der Waals surface area contributed by atoms with E-state index in [2.05, 4.69) is 51.1 Å². The van der Waals surface area contributed by atoms with Gasteiger partial charge in [-0.2, -0.15) is 18.2 Å². The van der Waals surface area contributed by atoms with Crippen LogP contribution in [0.2, 0.25) is 5.02 Å². The number of nitrogens with zero attached hydrogens (tertiary/aromatic N) is 5. The number of carbonyl (C=O) groups is 1. The van der Waals surface area contributed by atoms with Gasteiger partial charge in [0.05, 0.1) is 27.6 Å². The van der Waals surface area contributed by atoms with Gasteiger partial charge in [0.1, 0.15) is 17.0 Å². The van der Waals surface area contributed by atoms with Gasteiger partial charge in [0.2, 0.25) is 12.0 Å². The number of halogens is 4. The molecule has 2 saturated heterocycles. The summed E-state index contributed by atoms with van der Waals surface area (Å²) in [5.74, 6) is -1.28. The number of sulfonamides is 1. The fraction of sp³-hybridized carbons (Fsp3) is 0.417. The number of piperazine rings is 1. The number of amides is 1. The molecule has 1 atom stereocenters. The Bertz CT molecular complexity index is 2860. The molecule has 0 unspecified atom stereocenters. The Labute approximate surface area is 396 Å². The standard InChI is InChI=1S/C48H52ClF3N8O7S/c1-47(2)15-11-33(38(26-47)31-3-5-34(49)6-4-31)28-57-17-19-58(20-18-57)35-7-9-37(40(24-35)59-29-43(48(50,51)52)67-46-42(59)23-32-12-16-53-44(32)55-46)45(61)56-68(64,65)36-8-10-39(41(25-36)60(62)63)54-27-30-13-21-66-22-14-30/h3-10,12,16,23-25,30,43,54H,11,13-15,17-22,26-29H2,1-2H3,(H,53,55)(H,56,61)/t43-/m0/s1. The summed E-state index contributed by atoms with van der Waals surface area (Å²) >= 11 is 6.24. The van der Waals surface area contributed by atoms with Gasteiger partial charge in [-0.15, -0.1) is 0 Å². The minimum atomic E-state index is -4.85. The molecule has 15 nitrogen and oxygen atoms in total. The zero-order valence-corrected chi connectivity index (χ0v) is 39.1. The van der Waals surface area contributed by atoms with Crippen LogP contribution in [0.15, 0.2) is 89.5 Å². The van der Waals surface area contributed by atoms with Crippen LogP contribution in [0.5, 0.6) is 5.88 Å². The van der Waals surface area contributed by atoms with Crippen molar-refractivity contribution in [2.75, 3.05) is 74.1 Å². The predicted octanol–water partition coefficient (Wildman–Crippen LogP) is 9.33. The summed E-state index contributed by atoms with van der Waals surface area (Å²) < 4.78 is 84.6. The van der Waals surface area contributed by atoms with Crippen molar-refractivity contribution in [3.05, 3.63) is 111 Å². The summed E-state index contributed by atoms with van der Waals surface area (Å²) in [6, 6.07) is 19.2. The van der Waals surface area contributed by atoms with E-state index in [4.69, 9.17) is 21.1 Å². The Balaban J connectivity index is 1.02. The molecular weight excluding hydrogens is 925 g/mol. The minimum Gasteiger partial charge on any atom is -0.461 e. The topological polar surface area (TPSA) is 175 Å². The number of hydrogen-bond donors (Lipinski definition) is 3. The molecule has 0 bridgehead atoms. The second-order valence-corrected chi connectivity index (χ2v) is 20.8. The number of allylic oxidation sites excluding steroid dienone is 1. The molecule has 2 aromatic heterocycles. The number of nitrogens with one attached hydrogen (secondary N) is 3. The van der Waals surface area contributed by atoms with Gasteiger partial charge in [0.25, 0.3) is 21.6 Å². The fourth-order valence-corrected chi connectivity index (χ4v) is 10.6. The molecule has 20 heteroatoms. The zero-order chi connectivity index (χ0) is 48.0. The van der Waals surface area contributed by atoms with Gasteiger partial charge in [-0.1, -0.05) is 43.2 Å². The van der Waals surface area contributed by atoms with Crippen molar-refractivity contribution in [3.63, 3.8) is 0 Å². The third kappa shape index (κ3) is 10.3. The van der Waals surface area contributed by atoms with Gasteiger partial charge in [-0.05, 0) is 109 Å². The molecule has 0 spiro atoms. The molecule has 5 aromatic rings. The molecule has 1 amide bonds. The van der Waals surface area contributed by atoms with Crippen molar-refractivity contribution in [2.45, 2.75) is 63.1 Å². The van der Waals surface area contributed by atoms with E-state index < -0.39 is 50.3 Å². The fourth-order valence-electron chi connectivity index (χ4n) is 9.52. The van der Waals surface area contributed by atoms with Gasteiger partial charge >= 0.3 is 6.18 Å². The molecule has 4 aliphatic rings. The highest BCUT2D eigenvalue weighted by molar-refractivity contribution is 7.90. The molecule has 3 N–H and O–H groups in total. The molecule has 0 radical (unpaired) electrons. The van der Waals surface area contributed by atoms with E-state index in [0.29, 0.717) is 62.0 Å². The average Bonchev–Trinajstić information content (AvgIpc) is 3.78. The summed E-state index contributed by atoms with van der Waals surface area (Å²) in [6.07, 6.45) is -1.12. The lowest BCUT2D eigenvalue weighted by atomic mass is 9.72. The van der Waals surface area contributed by atoms with Crippen molar-refractivity contribution in [1.82, 2.24) is 19.6 Å². The highest BCUT2D eigenvalue weighted by atomic mass is 35.5. The van der Waals surface area contributed by atoms with Crippen molar-refractivity contribution in [1.29, 1.82) is 0 Å². The number of aromatic amines is 1. The van der Waals surface area contributed by atoms with E-state index in [1.807, 2.05) is 16.9 Å². The first-order valence-electron chi connectivity index (χ1n) is 22.7. The number of nitro groups is 1. The van der Waals surface area contributed by atoms with Gasteiger partial charge in [0.15, 0.2) is 0 Å². The largest absolute Gasteiger partial charge is 0.461 e. The third-order valence-corrected chi connectivity index (χ3v) is 15.0. The molecule has 3 aromatic carbocycles. The number of pyridine rings is 1. The third-order valence-electron chi connectivity index (χ3n) is 13.4. The first-order valence-corrected chi connectivity index (χ1v) is 24.5. The summed E-state index contributed by atoms with van der Waals surface area (Å²) in [6.45, 7) is 8.62. The molecule has 360 valence electrons. The molecular formula is C48H52ClF3N8O7S. The van der Waals surface area contributed by atoms with Crippen LogP contribution in [0.1, 0.15) is 61.9 Å². The van der Waals surface area contributed by atoms with Crippen molar-refractivity contribution < 1.29 is 40.8 Å². The lowest BCUT2D eigenvalue weighted by molar-refractivity contribution is -0.384. The number of anilines is 4. The van der Waals surface area contributed by atoms with E-state index in [-0.39, 0.29) is 45.5 Å². The number of carbonyl (C=O) groups excluding carboxylic acids is 1. The normalized spacial score (nSPS) is 19.4. The van der Waals surface area contributed by atoms with Crippen LogP contribution in [0.25, 0.3) is 16.6 Å². The lowest BCUT2D eigenvalue weighted by Gasteiger charge is -2.40. The molecule has 68 heavy (non-hydrogen) atoms. The van der Waals surface area contributed by atoms with Gasteiger partial charge in [0, 0.05) is 80.8 Å². The first-order chi connectivity index (χ1) is 32.4. The summed E-state index contributed by atoms with van der Waals surface area (Å²) in [7, 11) is -4.77. The van der Waals surface area contributed by atoms with E-state index >= 15 is 0 Å². The van der Waals surface area contributed by atoms with Crippen LogP contribution >= 0.6 is 11.6 Å². The van der Waals surface area contributed by atoms with Crippen LogP contribution in [0.4, 0.5) is 41.6 Å². The molecule has 5 heterocycles. The van der Waals surface area contributed by atoms with Gasteiger partial charge < -0.3 is 29.6 Å². The average molecular weight is 978 g/mol. The molecule has 1 aliphatic carbocycles. The van der Waals surface area contributed by atoms with Crippen LogP contribution in [-0.2, 0) is 14.8 Å². The molecule has 2 fully saturated rings. The Morgan fingerprint density at radius 3 is 2.47 bits per heavy atom. The quantitative estimate of drug-likeness (QED) is 0.0800. The zero-order valence-electron chi connectivity index (χ0n) is 37.6. The number of benzene rings is 3. The number of ether oxygens (including phenoxy) is 2. The highest BCUT2D eigenvalue weighted by Gasteiger charge is 2.47. The molecule has 3 aliphatic heterocycles. The van der Waals surface area contributed by atoms with Crippen molar-refractivity contribution in [3.8, 4) is 5.88 Å².